The van der Waals surface area contributed by atoms with Crippen LogP contribution in [-0.4, -0.2) is 44.5 Å². The standard InChI is InChI=1S/C26H22ClN7O3/c1-36-25-16(27)5-4-7-19(25)31-24-22-18(10-12-29-26(22)35)30-23(24)15-9-11-28-13-21(15)37-14-34-20-8-3-2-6-17(20)32-33-34/h2-9,11,13,30-31H,10,12,14H2,1H3,(H,29,35). The lowest BCUT2D eigenvalue weighted by molar-refractivity contribution is 0.0947. The molecule has 11 heteroatoms. The molecular weight excluding hydrogens is 494 g/mol. The number of hydrogen-bond acceptors (Lipinski definition) is 7. The van der Waals surface area contributed by atoms with Crippen LogP contribution >= 0.6 is 11.6 Å². The number of H-pyrrole nitrogens is 1. The van der Waals surface area contributed by atoms with Crippen LogP contribution in [0.2, 0.25) is 5.02 Å². The van der Waals surface area contributed by atoms with Crippen molar-refractivity contribution in [1.29, 1.82) is 0 Å². The Hall–Kier alpha value is -4.57. The average molecular weight is 516 g/mol. The van der Waals surface area contributed by atoms with Gasteiger partial charge >= 0.3 is 0 Å². The Labute approximate surface area is 216 Å². The highest BCUT2D eigenvalue weighted by atomic mass is 35.5. The second-order valence-electron chi connectivity index (χ2n) is 8.40. The van der Waals surface area contributed by atoms with Crippen molar-refractivity contribution in [3.8, 4) is 22.8 Å². The molecule has 0 fully saturated rings. The van der Waals surface area contributed by atoms with Gasteiger partial charge in [0.2, 0.25) is 0 Å². The molecule has 0 bridgehead atoms. The van der Waals surface area contributed by atoms with Crippen LogP contribution in [0.5, 0.6) is 11.5 Å². The molecule has 1 aliphatic heterocycles. The number of benzene rings is 2. The molecule has 6 rings (SSSR count). The van der Waals surface area contributed by atoms with Crippen molar-refractivity contribution in [2.24, 2.45) is 0 Å². The highest BCUT2D eigenvalue weighted by molar-refractivity contribution is 6.32. The predicted octanol–water partition coefficient (Wildman–Crippen LogP) is 4.55. The summed E-state index contributed by atoms with van der Waals surface area (Å²) in [6, 6.07) is 14.9. The zero-order valence-corrected chi connectivity index (χ0v) is 20.5. The van der Waals surface area contributed by atoms with E-state index in [2.05, 4.69) is 30.9 Å². The molecule has 4 heterocycles. The van der Waals surface area contributed by atoms with E-state index >= 15 is 0 Å². The fourth-order valence-corrected chi connectivity index (χ4v) is 4.75. The van der Waals surface area contributed by atoms with Gasteiger partial charge in [-0.05, 0) is 30.3 Å². The number of anilines is 2. The molecule has 1 amide bonds. The average Bonchev–Trinajstić information content (AvgIpc) is 3.50. The fraction of sp³-hybridized carbons (Fsp3) is 0.154. The number of para-hydroxylation sites is 2. The number of nitrogens with zero attached hydrogens (tertiary/aromatic N) is 4. The molecule has 37 heavy (non-hydrogen) atoms. The maximum Gasteiger partial charge on any atom is 0.255 e. The van der Waals surface area contributed by atoms with Gasteiger partial charge in [-0.15, -0.1) is 5.10 Å². The van der Waals surface area contributed by atoms with Crippen LogP contribution in [0.25, 0.3) is 22.3 Å². The number of methoxy groups -OCH3 is 1. The number of fused-ring (bicyclic) bond motifs is 2. The van der Waals surface area contributed by atoms with E-state index < -0.39 is 0 Å². The molecule has 5 aromatic rings. The van der Waals surface area contributed by atoms with E-state index in [0.717, 1.165) is 22.3 Å². The molecule has 1 aliphatic rings. The zero-order chi connectivity index (χ0) is 25.4. The maximum atomic E-state index is 13.0. The van der Waals surface area contributed by atoms with Gasteiger partial charge in [-0.3, -0.25) is 9.78 Å². The third kappa shape index (κ3) is 4.11. The number of rotatable bonds is 7. The molecule has 0 atom stereocenters. The second-order valence-corrected chi connectivity index (χ2v) is 8.81. The summed E-state index contributed by atoms with van der Waals surface area (Å²) in [6.45, 7) is 0.676. The fourth-order valence-electron chi connectivity index (χ4n) is 4.50. The quantitative estimate of drug-likeness (QED) is 0.291. The number of hydrogen-bond donors (Lipinski definition) is 3. The number of halogens is 1. The second kappa shape index (κ2) is 9.47. The molecule has 10 nitrogen and oxygen atoms in total. The van der Waals surface area contributed by atoms with Gasteiger partial charge in [-0.2, -0.15) is 0 Å². The Morgan fingerprint density at radius 1 is 1.16 bits per heavy atom. The van der Waals surface area contributed by atoms with E-state index in [1.165, 1.54) is 0 Å². The van der Waals surface area contributed by atoms with Gasteiger partial charge in [0.05, 0.1) is 46.5 Å². The van der Waals surface area contributed by atoms with Crippen molar-refractivity contribution in [2.45, 2.75) is 13.2 Å². The minimum atomic E-state index is -0.169. The van der Waals surface area contributed by atoms with Crippen molar-refractivity contribution in [2.75, 3.05) is 19.0 Å². The van der Waals surface area contributed by atoms with Gasteiger partial charge in [-0.25, -0.2) is 4.68 Å². The van der Waals surface area contributed by atoms with E-state index in [-0.39, 0.29) is 12.6 Å². The van der Waals surface area contributed by atoms with Gasteiger partial charge in [-0.1, -0.05) is 35.0 Å². The Morgan fingerprint density at radius 3 is 2.95 bits per heavy atom. The SMILES string of the molecule is COc1c(Cl)cccc1Nc1c(-c2ccncc2OCn2nnc3ccccc32)[nH]c2c1C(=O)NCC2. The highest BCUT2D eigenvalue weighted by Crippen LogP contribution is 2.42. The topological polar surface area (TPSA) is 119 Å². The molecule has 186 valence electrons. The normalized spacial score (nSPS) is 12.8. The molecule has 0 saturated carbocycles. The summed E-state index contributed by atoms with van der Waals surface area (Å²) in [5.74, 6) is 0.825. The van der Waals surface area contributed by atoms with Crippen LogP contribution in [-0.2, 0) is 13.2 Å². The third-order valence-corrected chi connectivity index (χ3v) is 6.51. The first kappa shape index (κ1) is 22.9. The Balaban J connectivity index is 1.42. The maximum absolute atomic E-state index is 13.0. The van der Waals surface area contributed by atoms with E-state index in [0.29, 0.717) is 52.1 Å². The highest BCUT2D eigenvalue weighted by Gasteiger charge is 2.29. The van der Waals surface area contributed by atoms with Crippen LogP contribution in [0.3, 0.4) is 0 Å². The molecular formula is C26H22ClN7O3. The number of amides is 1. The van der Waals surface area contributed by atoms with Crippen molar-refractivity contribution in [3.63, 3.8) is 0 Å². The summed E-state index contributed by atoms with van der Waals surface area (Å²) in [4.78, 5) is 20.7. The number of ether oxygens (including phenoxy) is 2. The number of pyridine rings is 1. The summed E-state index contributed by atoms with van der Waals surface area (Å²) in [7, 11) is 1.55. The molecule has 3 aromatic heterocycles. The number of carbonyl (C=O) groups excluding carboxylic acids is 1. The zero-order valence-electron chi connectivity index (χ0n) is 19.8. The van der Waals surface area contributed by atoms with Gasteiger partial charge in [0, 0.05) is 30.4 Å². The summed E-state index contributed by atoms with van der Waals surface area (Å²) >= 11 is 6.36. The number of carbonyl (C=O) groups is 1. The summed E-state index contributed by atoms with van der Waals surface area (Å²) in [5, 5.41) is 15.1. The Morgan fingerprint density at radius 2 is 2.05 bits per heavy atom. The molecule has 0 radical (unpaired) electrons. The number of nitrogens with one attached hydrogen (secondary N) is 3. The first-order chi connectivity index (χ1) is 18.1. The van der Waals surface area contributed by atoms with Gasteiger partial charge < -0.3 is 25.1 Å². The van der Waals surface area contributed by atoms with Crippen LogP contribution in [0, 0.1) is 0 Å². The van der Waals surface area contributed by atoms with E-state index in [1.54, 1.807) is 30.3 Å². The lowest BCUT2D eigenvalue weighted by Gasteiger charge is -2.17. The third-order valence-electron chi connectivity index (χ3n) is 6.21. The van der Waals surface area contributed by atoms with Crippen molar-refractivity contribution < 1.29 is 14.3 Å². The summed E-state index contributed by atoms with van der Waals surface area (Å²) < 4.78 is 13.4. The van der Waals surface area contributed by atoms with Crippen LogP contribution in [0.15, 0.2) is 60.9 Å². The first-order valence-corrected chi connectivity index (χ1v) is 12.0. The van der Waals surface area contributed by atoms with Crippen molar-refractivity contribution in [3.05, 3.63) is 77.2 Å². The molecule has 0 spiro atoms. The summed E-state index contributed by atoms with van der Waals surface area (Å²) in [6.07, 6.45) is 3.98. The van der Waals surface area contributed by atoms with Gasteiger partial charge in [0.25, 0.3) is 5.91 Å². The van der Waals surface area contributed by atoms with Crippen LogP contribution < -0.4 is 20.1 Å². The Bertz CT molecular complexity index is 1630. The van der Waals surface area contributed by atoms with E-state index in [1.807, 2.05) is 42.5 Å². The predicted molar refractivity (Wildman–Crippen MR) is 140 cm³/mol. The molecule has 3 N–H and O–H groups in total. The van der Waals surface area contributed by atoms with Crippen molar-refractivity contribution >= 4 is 39.9 Å². The van der Waals surface area contributed by atoms with Crippen LogP contribution in [0.4, 0.5) is 11.4 Å². The minimum Gasteiger partial charge on any atom is -0.493 e. The van der Waals surface area contributed by atoms with E-state index in [9.17, 15) is 4.79 Å². The van der Waals surface area contributed by atoms with Crippen LogP contribution in [0.1, 0.15) is 16.1 Å². The molecule has 0 unspecified atom stereocenters. The monoisotopic (exact) mass is 515 g/mol. The number of aromatic amines is 1. The van der Waals surface area contributed by atoms with Crippen molar-refractivity contribution in [1.82, 2.24) is 30.3 Å². The van der Waals surface area contributed by atoms with E-state index in [4.69, 9.17) is 21.1 Å². The smallest absolute Gasteiger partial charge is 0.255 e. The lowest BCUT2D eigenvalue weighted by atomic mass is 10.0. The number of aromatic nitrogens is 5. The largest absolute Gasteiger partial charge is 0.493 e. The minimum absolute atomic E-state index is 0.130. The Kier molecular flexibility index (Phi) is 5.85. The molecule has 0 aliphatic carbocycles. The first-order valence-electron chi connectivity index (χ1n) is 11.6. The van der Waals surface area contributed by atoms with Gasteiger partial charge in [0.15, 0.2) is 12.5 Å². The molecule has 2 aromatic carbocycles. The molecule has 0 saturated heterocycles. The van der Waals surface area contributed by atoms with Gasteiger partial charge in [0.1, 0.15) is 11.3 Å². The summed E-state index contributed by atoms with van der Waals surface area (Å²) in [5.41, 5.74) is 5.63. The lowest BCUT2D eigenvalue weighted by Crippen LogP contribution is -2.31.